The second-order valence-corrected chi connectivity index (χ2v) is 10.7. The molecule has 2 aliphatic heterocycles. The van der Waals surface area contributed by atoms with Gasteiger partial charge in [-0.2, -0.15) is 0 Å². The fraction of sp³-hybridized carbons (Fsp3) is 0.440. The van der Waals surface area contributed by atoms with Gasteiger partial charge in [0.1, 0.15) is 29.3 Å². The lowest BCUT2D eigenvalue weighted by molar-refractivity contribution is -0.0313. The first kappa shape index (κ1) is 26.8. The summed E-state index contributed by atoms with van der Waals surface area (Å²) >= 11 is 0. The number of methoxy groups -OCH3 is 1. The topological polar surface area (TPSA) is 136 Å². The molecule has 2 atom stereocenters. The van der Waals surface area contributed by atoms with Crippen molar-refractivity contribution in [3.05, 3.63) is 59.5 Å². The number of phosphoric ester groups is 1. The minimum Gasteiger partial charge on any atom is -0.497 e. The fourth-order valence-corrected chi connectivity index (χ4v) is 6.00. The van der Waals surface area contributed by atoms with Gasteiger partial charge in [-0.1, -0.05) is 6.07 Å². The molecule has 4 heterocycles. The highest BCUT2D eigenvalue weighted by atomic mass is 31.2. The number of hydrogen-bond acceptors (Lipinski definition) is 11. The van der Waals surface area contributed by atoms with Crippen LogP contribution in [0.25, 0.3) is 11.1 Å². The third-order valence-electron chi connectivity index (χ3n) is 6.60. The molecule has 2 aromatic heterocycles. The molecule has 2 N–H and O–H groups in total. The van der Waals surface area contributed by atoms with Crippen molar-refractivity contribution >= 4 is 24.8 Å². The highest BCUT2D eigenvalue weighted by molar-refractivity contribution is 7.48. The molecule has 1 aromatic carbocycles. The highest BCUT2D eigenvalue weighted by Gasteiger charge is 2.50. The summed E-state index contributed by atoms with van der Waals surface area (Å²) in [6.07, 6.45) is 0.464. The number of ether oxygens (including phenoxy) is 1. The van der Waals surface area contributed by atoms with E-state index in [2.05, 4.69) is 10.3 Å². The van der Waals surface area contributed by atoms with Crippen molar-refractivity contribution < 1.29 is 37.2 Å². The maximum atomic E-state index is 13.4. The van der Waals surface area contributed by atoms with E-state index in [-0.39, 0.29) is 38.9 Å². The van der Waals surface area contributed by atoms with Gasteiger partial charge in [0.25, 0.3) is 5.91 Å². The third kappa shape index (κ3) is 5.08. The maximum Gasteiger partial charge on any atom is 0.476 e. The van der Waals surface area contributed by atoms with Crippen LogP contribution in [0.3, 0.4) is 0 Å². The average Bonchev–Trinajstić information content (AvgIpc) is 3.57. The summed E-state index contributed by atoms with van der Waals surface area (Å²) in [6.45, 7) is 4.10. The summed E-state index contributed by atoms with van der Waals surface area (Å²) in [5.74, 6) is 0.936. The summed E-state index contributed by atoms with van der Waals surface area (Å²) in [5, 5.41) is 14.2. The van der Waals surface area contributed by atoms with Gasteiger partial charge in [-0.15, -0.1) is 0 Å². The van der Waals surface area contributed by atoms with E-state index >= 15 is 0 Å². The third-order valence-corrected chi connectivity index (χ3v) is 8.18. The first-order chi connectivity index (χ1) is 18.3. The van der Waals surface area contributed by atoms with Gasteiger partial charge < -0.3 is 19.2 Å². The predicted octanol–water partition coefficient (Wildman–Crippen LogP) is 3.02. The van der Waals surface area contributed by atoms with Crippen molar-refractivity contribution in [3.63, 3.8) is 0 Å². The number of carbonyl (C=O) groups excluding carboxylic acids is 1. The first-order valence-electron chi connectivity index (χ1n) is 12.3. The number of pyridine rings is 1. The molecular formula is C25H31N4O8P. The molecule has 1 unspecified atom stereocenters. The zero-order valence-electron chi connectivity index (χ0n) is 21.5. The predicted molar refractivity (Wildman–Crippen MR) is 136 cm³/mol. The number of amides is 1. The highest BCUT2D eigenvalue weighted by Crippen LogP contribution is 2.49. The quantitative estimate of drug-likeness (QED) is 0.344. The number of benzene rings is 1. The van der Waals surface area contributed by atoms with Gasteiger partial charge in [-0.3, -0.25) is 28.7 Å². The van der Waals surface area contributed by atoms with Crippen LogP contribution in [0.2, 0.25) is 0 Å². The Kier molecular flexibility index (Phi) is 7.56. The van der Waals surface area contributed by atoms with Crippen molar-refractivity contribution in [2.75, 3.05) is 40.1 Å². The SMILES string of the molecule is CCOP(=O)(OCC)OCN1C[C@](CN2Cc3ccc(OC)cc3C2=O)(c2cc3ncccc3o2)NC1O. The average molecular weight is 547 g/mol. The molecule has 3 aromatic rings. The van der Waals surface area contributed by atoms with E-state index in [1.165, 1.54) is 4.90 Å². The molecule has 13 heteroatoms. The monoisotopic (exact) mass is 546 g/mol. The van der Waals surface area contributed by atoms with Crippen LogP contribution in [0.1, 0.15) is 35.5 Å². The molecule has 38 heavy (non-hydrogen) atoms. The molecule has 1 saturated heterocycles. The molecule has 12 nitrogen and oxygen atoms in total. The van der Waals surface area contributed by atoms with E-state index in [0.29, 0.717) is 34.7 Å². The zero-order chi connectivity index (χ0) is 26.9. The van der Waals surface area contributed by atoms with Crippen LogP contribution < -0.4 is 10.1 Å². The Labute approximate surface area is 220 Å². The fourth-order valence-electron chi connectivity index (χ4n) is 4.86. The summed E-state index contributed by atoms with van der Waals surface area (Å²) < 4.78 is 40.2. The van der Waals surface area contributed by atoms with Gasteiger partial charge in [0.05, 0.1) is 20.3 Å². The molecule has 0 saturated carbocycles. The Morgan fingerprint density at radius 1 is 1.21 bits per heavy atom. The number of furan rings is 1. The van der Waals surface area contributed by atoms with Crippen molar-refractivity contribution in [2.45, 2.75) is 32.3 Å². The van der Waals surface area contributed by atoms with Crippen molar-refractivity contribution in [2.24, 2.45) is 0 Å². The maximum absolute atomic E-state index is 13.4. The standard InChI is InChI=1S/C25H31N4O8P/c1-4-34-38(32,35-5-2)36-16-29-15-25(27-24(29)31,22-12-20-21(37-22)7-6-10-26-20)14-28-13-17-8-9-18(33-3)11-19(17)23(28)30/h6-12,24,27,31H,4-5,13-16H2,1-3H3/t24?,25-/m1/s1. The van der Waals surface area contributed by atoms with Gasteiger partial charge in [-0.05, 0) is 43.7 Å². The number of aliphatic hydroxyl groups is 1. The number of nitrogens with one attached hydrogen (secondary N) is 1. The molecule has 0 bridgehead atoms. The largest absolute Gasteiger partial charge is 0.497 e. The Hall–Kier alpha value is -2.83. The number of aliphatic hydroxyl groups excluding tert-OH is 1. The Bertz CT molecular complexity index is 1320. The van der Waals surface area contributed by atoms with Gasteiger partial charge in [-0.25, -0.2) is 9.46 Å². The van der Waals surface area contributed by atoms with Crippen LogP contribution in [0.15, 0.2) is 47.0 Å². The smallest absolute Gasteiger partial charge is 0.476 e. The van der Waals surface area contributed by atoms with Crippen LogP contribution in [-0.4, -0.2) is 72.3 Å². The molecule has 2 aliphatic rings. The van der Waals surface area contributed by atoms with Crippen LogP contribution in [0.5, 0.6) is 5.75 Å². The second kappa shape index (κ2) is 10.7. The molecule has 0 radical (unpaired) electrons. The minimum atomic E-state index is -3.81. The molecular weight excluding hydrogens is 515 g/mol. The lowest BCUT2D eigenvalue weighted by Crippen LogP contribution is -2.50. The summed E-state index contributed by atoms with van der Waals surface area (Å²) in [4.78, 5) is 21.0. The number of hydrogen-bond donors (Lipinski definition) is 2. The Morgan fingerprint density at radius 3 is 2.71 bits per heavy atom. The number of nitrogens with zero attached hydrogens (tertiary/aromatic N) is 3. The lowest BCUT2D eigenvalue weighted by Gasteiger charge is -2.31. The molecule has 0 aliphatic carbocycles. The second-order valence-electron chi connectivity index (χ2n) is 9.07. The van der Waals surface area contributed by atoms with Crippen LogP contribution >= 0.6 is 7.82 Å². The van der Waals surface area contributed by atoms with Crippen LogP contribution in [0.4, 0.5) is 0 Å². The number of rotatable bonds is 11. The van der Waals surface area contributed by atoms with E-state index in [9.17, 15) is 14.5 Å². The summed E-state index contributed by atoms with van der Waals surface area (Å²) in [7, 11) is -2.26. The first-order valence-corrected chi connectivity index (χ1v) is 13.8. The van der Waals surface area contributed by atoms with Gasteiger partial charge in [0.15, 0.2) is 11.9 Å². The molecule has 1 fully saturated rings. The normalized spacial score (nSPS) is 21.9. The zero-order valence-corrected chi connectivity index (χ0v) is 22.3. The minimum absolute atomic E-state index is 0.135. The van der Waals surface area contributed by atoms with Gasteiger partial charge in [0, 0.05) is 37.5 Å². The van der Waals surface area contributed by atoms with E-state index in [1.807, 2.05) is 12.1 Å². The molecule has 204 valence electrons. The molecule has 5 rings (SSSR count). The number of aromatic nitrogens is 1. The van der Waals surface area contributed by atoms with E-state index < -0.39 is 19.7 Å². The number of carbonyl (C=O) groups is 1. The van der Waals surface area contributed by atoms with Gasteiger partial charge in [0.2, 0.25) is 0 Å². The Morgan fingerprint density at radius 2 is 2.00 bits per heavy atom. The lowest BCUT2D eigenvalue weighted by atomic mass is 9.96. The van der Waals surface area contributed by atoms with Gasteiger partial charge >= 0.3 is 7.82 Å². The number of fused-ring (bicyclic) bond motifs is 2. The Balaban J connectivity index is 1.43. The van der Waals surface area contributed by atoms with Crippen molar-refractivity contribution in [1.29, 1.82) is 0 Å². The van der Waals surface area contributed by atoms with E-state index in [4.69, 9.17) is 22.7 Å². The molecule has 0 spiro atoms. The van der Waals surface area contributed by atoms with E-state index in [0.717, 1.165) is 5.56 Å². The van der Waals surface area contributed by atoms with Crippen molar-refractivity contribution in [1.82, 2.24) is 20.1 Å². The molecule has 1 amide bonds. The number of phosphoric acid groups is 1. The summed E-state index contributed by atoms with van der Waals surface area (Å²) in [6, 6.07) is 10.8. The van der Waals surface area contributed by atoms with Crippen molar-refractivity contribution in [3.8, 4) is 5.75 Å². The van der Waals surface area contributed by atoms with Crippen LogP contribution in [0, 0.1) is 0 Å². The van der Waals surface area contributed by atoms with Crippen LogP contribution in [-0.2, 0) is 30.2 Å². The summed E-state index contributed by atoms with van der Waals surface area (Å²) in [5.41, 5.74) is 1.63. The van der Waals surface area contributed by atoms with E-state index in [1.54, 1.807) is 56.3 Å².